The summed E-state index contributed by atoms with van der Waals surface area (Å²) in [5.41, 5.74) is 5.37. The Balaban J connectivity index is 2.58. The number of carbonyl (C=O) groups excluding carboxylic acids is 2. The van der Waals surface area contributed by atoms with Crippen LogP contribution in [0, 0.1) is 0 Å². The summed E-state index contributed by atoms with van der Waals surface area (Å²) in [7, 11) is 0. The molecule has 5 heteroatoms. The molecule has 1 aliphatic rings. The van der Waals surface area contributed by atoms with Crippen molar-refractivity contribution in [3.05, 3.63) is 0 Å². The number of carbonyl (C=O) groups is 2. The molecule has 2 N–H and O–H groups in total. The fourth-order valence-electron chi connectivity index (χ4n) is 2.21. The molecule has 5 nitrogen and oxygen atoms in total. The van der Waals surface area contributed by atoms with E-state index in [4.69, 9.17) is 5.73 Å². The molecule has 0 bridgehead atoms. The average Bonchev–Trinajstić information content (AvgIpc) is 2.72. The van der Waals surface area contributed by atoms with E-state index in [-0.39, 0.29) is 24.4 Å². The lowest BCUT2D eigenvalue weighted by atomic mass is 10.2. The maximum atomic E-state index is 11.6. The van der Waals surface area contributed by atoms with E-state index in [0.29, 0.717) is 13.1 Å². The third-order valence-electron chi connectivity index (χ3n) is 3.13. The van der Waals surface area contributed by atoms with Gasteiger partial charge in [0, 0.05) is 32.6 Å². The van der Waals surface area contributed by atoms with Gasteiger partial charge in [-0.05, 0) is 19.8 Å². The largest absolute Gasteiger partial charge is 0.341 e. The van der Waals surface area contributed by atoms with Crippen LogP contribution in [0.25, 0.3) is 0 Å². The molecule has 0 spiro atoms. The Morgan fingerprint density at radius 1 is 1.50 bits per heavy atom. The van der Waals surface area contributed by atoms with Gasteiger partial charge in [0.05, 0.1) is 6.54 Å². The van der Waals surface area contributed by atoms with Crippen LogP contribution in [0.3, 0.4) is 0 Å². The van der Waals surface area contributed by atoms with Crippen molar-refractivity contribution in [3.63, 3.8) is 0 Å². The molecule has 0 saturated carbocycles. The molecule has 1 unspecified atom stereocenters. The average molecular weight is 227 g/mol. The summed E-state index contributed by atoms with van der Waals surface area (Å²) in [4.78, 5) is 26.4. The van der Waals surface area contributed by atoms with Gasteiger partial charge >= 0.3 is 0 Å². The Bertz CT molecular complexity index is 268. The highest BCUT2D eigenvalue weighted by molar-refractivity contribution is 5.79. The van der Waals surface area contributed by atoms with E-state index in [1.54, 1.807) is 11.8 Å². The van der Waals surface area contributed by atoms with Gasteiger partial charge in [0.2, 0.25) is 11.8 Å². The molecule has 0 aromatic rings. The molecule has 1 heterocycles. The summed E-state index contributed by atoms with van der Waals surface area (Å²) in [6.07, 6.45) is 1.97. The number of hydrogen-bond acceptors (Lipinski definition) is 3. The van der Waals surface area contributed by atoms with E-state index < -0.39 is 0 Å². The molecule has 0 aliphatic carbocycles. The quantitative estimate of drug-likeness (QED) is 0.723. The fraction of sp³-hybridized carbons (Fsp3) is 0.818. The normalized spacial score (nSPS) is 19.9. The summed E-state index contributed by atoms with van der Waals surface area (Å²) < 4.78 is 0. The van der Waals surface area contributed by atoms with Gasteiger partial charge in [-0.1, -0.05) is 0 Å². The van der Waals surface area contributed by atoms with Gasteiger partial charge in [-0.15, -0.1) is 0 Å². The van der Waals surface area contributed by atoms with Gasteiger partial charge in [-0.3, -0.25) is 9.59 Å². The molecule has 0 aromatic carbocycles. The van der Waals surface area contributed by atoms with Crippen molar-refractivity contribution in [2.75, 3.05) is 26.2 Å². The second-order valence-electron chi connectivity index (χ2n) is 4.14. The lowest BCUT2D eigenvalue weighted by molar-refractivity contribution is -0.134. The van der Waals surface area contributed by atoms with Gasteiger partial charge < -0.3 is 15.5 Å². The third-order valence-corrected chi connectivity index (χ3v) is 3.13. The van der Waals surface area contributed by atoms with Crippen molar-refractivity contribution in [2.45, 2.75) is 32.7 Å². The van der Waals surface area contributed by atoms with Crippen LogP contribution in [0.4, 0.5) is 0 Å². The van der Waals surface area contributed by atoms with E-state index >= 15 is 0 Å². The topological polar surface area (TPSA) is 66.6 Å². The summed E-state index contributed by atoms with van der Waals surface area (Å²) in [6, 6.07) is 0.153. The van der Waals surface area contributed by atoms with Crippen LogP contribution >= 0.6 is 0 Å². The van der Waals surface area contributed by atoms with Gasteiger partial charge in [0.15, 0.2) is 0 Å². The fourth-order valence-corrected chi connectivity index (χ4v) is 2.21. The van der Waals surface area contributed by atoms with Crippen LogP contribution in [0.15, 0.2) is 0 Å². The highest BCUT2D eigenvalue weighted by atomic mass is 16.2. The molecule has 0 aromatic heterocycles. The number of likely N-dealkylation sites (N-methyl/N-ethyl adjacent to an activating group) is 1. The van der Waals surface area contributed by atoms with E-state index in [0.717, 1.165) is 19.4 Å². The summed E-state index contributed by atoms with van der Waals surface area (Å²) in [5.74, 6) is 0.0525. The van der Waals surface area contributed by atoms with Crippen LogP contribution in [-0.2, 0) is 9.59 Å². The molecule has 0 radical (unpaired) electrons. The van der Waals surface area contributed by atoms with E-state index in [2.05, 4.69) is 0 Å². The Morgan fingerprint density at radius 2 is 2.19 bits per heavy atom. The lowest BCUT2D eigenvalue weighted by Crippen LogP contribution is -2.46. The number of nitrogens with two attached hydrogens (primary N) is 1. The molecular formula is C11H21N3O2. The van der Waals surface area contributed by atoms with Gasteiger partial charge in [0.1, 0.15) is 0 Å². The predicted molar refractivity (Wildman–Crippen MR) is 61.7 cm³/mol. The van der Waals surface area contributed by atoms with Crippen molar-refractivity contribution in [2.24, 2.45) is 5.73 Å². The molecular weight excluding hydrogens is 206 g/mol. The van der Waals surface area contributed by atoms with Crippen LogP contribution in [0.5, 0.6) is 0 Å². The standard InChI is InChI=1S/C11H21N3O2/c1-3-13(9(2)15)8-10-5-4-6-14(10)11(16)7-12/h10H,3-8,12H2,1-2H3. The van der Waals surface area contributed by atoms with Crippen LogP contribution in [0.1, 0.15) is 26.7 Å². The van der Waals surface area contributed by atoms with Crippen LogP contribution < -0.4 is 5.73 Å². The van der Waals surface area contributed by atoms with E-state index in [1.165, 1.54) is 0 Å². The first kappa shape index (κ1) is 13.0. The van der Waals surface area contributed by atoms with Crippen molar-refractivity contribution in [1.82, 2.24) is 9.80 Å². The molecule has 1 rings (SSSR count). The maximum Gasteiger partial charge on any atom is 0.236 e. The SMILES string of the molecule is CCN(CC1CCCN1C(=O)CN)C(C)=O. The molecule has 1 aliphatic heterocycles. The Labute approximate surface area is 96.6 Å². The van der Waals surface area contributed by atoms with Crippen LogP contribution in [-0.4, -0.2) is 53.8 Å². The summed E-state index contributed by atoms with van der Waals surface area (Å²) >= 11 is 0. The summed E-state index contributed by atoms with van der Waals surface area (Å²) in [5, 5.41) is 0. The molecule has 1 atom stereocenters. The van der Waals surface area contributed by atoms with E-state index in [1.807, 2.05) is 11.8 Å². The first-order valence-electron chi connectivity index (χ1n) is 5.85. The highest BCUT2D eigenvalue weighted by Crippen LogP contribution is 2.18. The van der Waals surface area contributed by atoms with Gasteiger partial charge in [0.25, 0.3) is 0 Å². The number of likely N-dealkylation sites (tertiary alicyclic amines) is 1. The van der Waals surface area contributed by atoms with Crippen molar-refractivity contribution >= 4 is 11.8 Å². The third kappa shape index (κ3) is 2.95. The molecule has 16 heavy (non-hydrogen) atoms. The zero-order chi connectivity index (χ0) is 12.1. The van der Waals surface area contributed by atoms with Crippen LogP contribution in [0.2, 0.25) is 0 Å². The smallest absolute Gasteiger partial charge is 0.236 e. The minimum Gasteiger partial charge on any atom is -0.341 e. The number of hydrogen-bond donors (Lipinski definition) is 1. The molecule has 1 saturated heterocycles. The Kier molecular flexibility index (Phi) is 4.73. The number of nitrogens with zero attached hydrogens (tertiary/aromatic N) is 2. The van der Waals surface area contributed by atoms with Crippen molar-refractivity contribution in [1.29, 1.82) is 0 Å². The number of rotatable bonds is 4. The second-order valence-corrected chi connectivity index (χ2v) is 4.14. The number of amides is 2. The minimum atomic E-state index is -0.0119. The molecule has 2 amide bonds. The monoisotopic (exact) mass is 227 g/mol. The highest BCUT2D eigenvalue weighted by Gasteiger charge is 2.29. The Morgan fingerprint density at radius 3 is 2.69 bits per heavy atom. The van der Waals surface area contributed by atoms with Crippen molar-refractivity contribution < 1.29 is 9.59 Å². The molecule has 92 valence electrons. The maximum absolute atomic E-state index is 11.6. The van der Waals surface area contributed by atoms with Gasteiger partial charge in [-0.25, -0.2) is 0 Å². The first-order chi connectivity index (χ1) is 7.60. The zero-order valence-corrected chi connectivity index (χ0v) is 10.1. The first-order valence-corrected chi connectivity index (χ1v) is 5.85. The van der Waals surface area contributed by atoms with Crippen molar-refractivity contribution in [3.8, 4) is 0 Å². The predicted octanol–water partition coefficient (Wildman–Crippen LogP) is -0.195. The molecule has 1 fully saturated rings. The van der Waals surface area contributed by atoms with E-state index in [9.17, 15) is 9.59 Å². The summed E-state index contributed by atoms with van der Waals surface area (Å²) in [6.45, 7) is 5.67. The van der Waals surface area contributed by atoms with Gasteiger partial charge in [-0.2, -0.15) is 0 Å². The second kappa shape index (κ2) is 5.84. The Hall–Kier alpha value is -1.10. The lowest BCUT2D eigenvalue weighted by Gasteiger charge is -2.29. The minimum absolute atomic E-state index is 0.0119. The zero-order valence-electron chi connectivity index (χ0n) is 10.1.